The molecule has 0 aliphatic rings. The van der Waals surface area contributed by atoms with Gasteiger partial charge in [0, 0.05) is 34.7 Å². The molecule has 0 saturated heterocycles. The zero-order chi connectivity index (χ0) is 32.6. The molecule has 0 bridgehead atoms. The molecule has 0 radical (unpaired) electrons. The minimum Gasteiger partial charge on any atom is -0.457 e. The molecule has 0 aliphatic carbocycles. The second-order valence-corrected chi connectivity index (χ2v) is 11.7. The van der Waals surface area contributed by atoms with Gasteiger partial charge in [-0.25, -0.2) is 4.98 Å². The molecule has 0 saturated carbocycles. The van der Waals surface area contributed by atoms with Crippen LogP contribution >= 0.6 is 0 Å². The lowest BCUT2D eigenvalue weighted by Gasteiger charge is -2.16. The number of rotatable bonds is 7. The van der Waals surface area contributed by atoms with Crippen LogP contribution in [0.5, 0.6) is 23.1 Å². The SMILES string of the molecule is c1ccc(-c2cccc(-c3ccccc3)c2-c2nnc3c4cc(Oc5cccc(Oc6ccccn6)c5)ccc4c4ccccc4n23)cc1. The summed E-state index contributed by atoms with van der Waals surface area (Å²) in [4.78, 5) is 4.27. The number of ether oxygens (including phenoxy) is 2. The highest BCUT2D eigenvalue weighted by Crippen LogP contribution is 2.42. The van der Waals surface area contributed by atoms with Gasteiger partial charge >= 0.3 is 0 Å². The van der Waals surface area contributed by atoms with Gasteiger partial charge in [-0.1, -0.05) is 109 Å². The first-order valence-electron chi connectivity index (χ1n) is 16.1. The molecule has 0 unspecified atom stereocenters. The summed E-state index contributed by atoms with van der Waals surface area (Å²) in [6, 6.07) is 55.1. The Balaban J connectivity index is 1.23. The van der Waals surface area contributed by atoms with Gasteiger partial charge in [-0.15, -0.1) is 10.2 Å². The Hall–Kier alpha value is -6.79. The van der Waals surface area contributed by atoms with E-state index in [-0.39, 0.29) is 0 Å². The number of para-hydroxylation sites is 1. The van der Waals surface area contributed by atoms with E-state index in [0.717, 1.165) is 61.0 Å². The van der Waals surface area contributed by atoms with Gasteiger partial charge in [-0.3, -0.25) is 4.40 Å². The van der Waals surface area contributed by atoms with E-state index in [1.165, 1.54) is 0 Å². The Morgan fingerprint density at radius 1 is 0.449 bits per heavy atom. The van der Waals surface area contributed by atoms with E-state index in [0.29, 0.717) is 23.1 Å². The fraction of sp³-hybridized carbons (Fsp3) is 0. The quantitative estimate of drug-likeness (QED) is 0.164. The Kier molecular flexibility index (Phi) is 7.02. The van der Waals surface area contributed by atoms with Crippen molar-refractivity contribution in [1.82, 2.24) is 19.6 Å². The maximum absolute atomic E-state index is 6.41. The summed E-state index contributed by atoms with van der Waals surface area (Å²) < 4.78 is 14.6. The third kappa shape index (κ3) is 5.22. The first-order chi connectivity index (χ1) is 24.3. The van der Waals surface area contributed by atoms with E-state index < -0.39 is 0 Å². The second-order valence-electron chi connectivity index (χ2n) is 11.7. The molecule has 0 fully saturated rings. The number of hydrogen-bond acceptors (Lipinski definition) is 5. The highest BCUT2D eigenvalue weighted by molar-refractivity contribution is 6.13. The summed E-state index contributed by atoms with van der Waals surface area (Å²) in [6.45, 7) is 0. The monoisotopic (exact) mass is 632 g/mol. The van der Waals surface area contributed by atoms with Crippen molar-refractivity contribution < 1.29 is 9.47 Å². The van der Waals surface area contributed by atoms with Crippen molar-refractivity contribution in [2.45, 2.75) is 0 Å². The molecule has 0 amide bonds. The summed E-state index contributed by atoms with van der Waals surface area (Å²) in [5.74, 6) is 3.26. The highest BCUT2D eigenvalue weighted by Gasteiger charge is 2.22. The number of hydrogen-bond donors (Lipinski definition) is 0. The predicted octanol–water partition coefficient (Wildman–Crippen LogP) is 11.0. The van der Waals surface area contributed by atoms with Crippen LogP contribution in [0.25, 0.3) is 61.0 Å². The van der Waals surface area contributed by atoms with Gasteiger partial charge in [0.05, 0.1) is 5.52 Å². The molecule has 6 heteroatoms. The number of aromatic nitrogens is 4. The van der Waals surface area contributed by atoms with E-state index >= 15 is 0 Å². The lowest BCUT2D eigenvalue weighted by Crippen LogP contribution is -1.98. The van der Waals surface area contributed by atoms with E-state index in [1.807, 2.05) is 66.7 Å². The molecule has 0 atom stereocenters. The van der Waals surface area contributed by atoms with Crippen molar-refractivity contribution in [2.24, 2.45) is 0 Å². The Morgan fingerprint density at radius 2 is 1.10 bits per heavy atom. The molecule has 9 aromatic rings. The van der Waals surface area contributed by atoms with Crippen LogP contribution in [0.3, 0.4) is 0 Å². The van der Waals surface area contributed by atoms with Crippen LogP contribution in [0, 0.1) is 0 Å². The van der Waals surface area contributed by atoms with E-state index in [1.54, 1.807) is 6.20 Å². The summed E-state index contributed by atoms with van der Waals surface area (Å²) >= 11 is 0. The van der Waals surface area contributed by atoms with E-state index in [4.69, 9.17) is 19.7 Å². The Bertz CT molecular complexity index is 2540. The van der Waals surface area contributed by atoms with Gasteiger partial charge in [0.1, 0.15) is 17.2 Å². The normalized spacial score (nSPS) is 11.3. The van der Waals surface area contributed by atoms with Crippen LogP contribution in [0.4, 0.5) is 0 Å². The smallest absolute Gasteiger partial charge is 0.219 e. The zero-order valence-electron chi connectivity index (χ0n) is 26.3. The molecule has 0 N–H and O–H groups in total. The standard InChI is InChI=1S/C43H28N4O2/c1-3-13-29(14-4-1)34-20-12-21-35(30-15-5-2-6-16-30)41(34)43-46-45-42-38-28-33(24-25-36(38)37-19-7-8-22-39(37)47(42)43)48-31-17-11-18-32(27-31)49-40-23-9-10-26-44-40/h1-28H. The average molecular weight is 633 g/mol. The maximum Gasteiger partial charge on any atom is 0.219 e. The molecule has 0 aliphatic heterocycles. The molecule has 6 nitrogen and oxygen atoms in total. The van der Waals surface area contributed by atoms with E-state index in [2.05, 4.69) is 106 Å². The van der Waals surface area contributed by atoms with Crippen molar-refractivity contribution in [1.29, 1.82) is 0 Å². The molecule has 232 valence electrons. The maximum atomic E-state index is 6.41. The van der Waals surface area contributed by atoms with Gasteiger partial charge < -0.3 is 9.47 Å². The van der Waals surface area contributed by atoms with Gasteiger partial charge in [0.2, 0.25) is 5.88 Å². The first kappa shape index (κ1) is 28.4. The van der Waals surface area contributed by atoms with Crippen LogP contribution in [0.2, 0.25) is 0 Å². The Morgan fingerprint density at radius 3 is 1.84 bits per heavy atom. The minimum atomic E-state index is 0.520. The summed E-state index contributed by atoms with van der Waals surface area (Å²) in [6.07, 6.45) is 1.70. The van der Waals surface area contributed by atoms with Crippen LogP contribution < -0.4 is 9.47 Å². The van der Waals surface area contributed by atoms with Crippen molar-refractivity contribution in [3.63, 3.8) is 0 Å². The van der Waals surface area contributed by atoms with Crippen LogP contribution in [-0.4, -0.2) is 19.6 Å². The third-order valence-corrected chi connectivity index (χ3v) is 8.69. The fourth-order valence-corrected chi connectivity index (χ4v) is 6.53. The number of benzene rings is 6. The van der Waals surface area contributed by atoms with E-state index in [9.17, 15) is 0 Å². The molecule has 6 aromatic carbocycles. The lowest BCUT2D eigenvalue weighted by molar-refractivity contribution is 0.449. The van der Waals surface area contributed by atoms with Crippen molar-refractivity contribution >= 4 is 27.3 Å². The summed E-state index contributed by atoms with van der Waals surface area (Å²) in [5, 5.41) is 12.9. The largest absolute Gasteiger partial charge is 0.457 e. The molecular weight excluding hydrogens is 604 g/mol. The number of pyridine rings is 2. The number of fused-ring (bicyclic) bond motifs is 6. The van der Waals surface area contributed by atoms with Crippen molar-refractivity contribution in [2.75, 3.05) is 0 Å². The van der Waals surface area contributed by atoms with Gasteiger partial charge in [0.15, 0.2) is 11.5 Å². The van der Waals surface area contributed by atoms with Crippen LogP contribution in [0.15, 0.2) is 170 Å². The van der Waals surface area contributed by atoms with Crippen LogP contribution in [-0.2, 0) is 0 Å². The molecule has 9 rings (SSSR count). The molecule has 3 aromatic heterocycles. The predicted molar refractivity (Wildman–Crippen MR) is 195 cm³/mol. The Labute approximate surface area is 282 Å². The van der Waals surface area contributed by atoms with Crippen LogP contribution in [0.1, 0.15) is 0 Å². The summed E-state index contributed by atoms with van der Waals surface area (Å²) in [7, 11) is 0. The van der Waals surface area contributed by atoms with Gasteiger partial charge in [-0.2, -0.15) is 0 Å². The molecule has 49 heavy (non-hydrogen) atoms. The first-order valence-corrected chi connectivity index (χ1v) is 16.1. The number of nitrogens with zero attached hydrogens (tertiary/aromatic N) is 4. The van der Waals surface area contributed by atoms with Gasteiger partial charge in [0.25, 0.3) is 0 Å². The highest BCUT2D eigenvalue weighted by atomic mass is 16.5. The average Bonchev–Trinajstić information content (AvgIpc) is 3.61. The molecule has 0 spiro atoms. The lowest BCUT2D eigenvalue weighted by atomic mass is 9.91. The topological polar surface area (TPSA) is 61.5 Å². The third-order valence-electron chi connectivity index (χ3n) is 8.69. The van der Waals surface area contributed by atoms with Gasteiger partial charge in [-0.05, 0) is 70.1 Å². The molecule has 3 heterocycles. The minimum absolute atomic E-state index is 0.520. The van der Waals surface area contributed by atoms with Crippen molar-refractivity contribution in [3.05, 3.63) is 170 Å². The zero-order valence-corrected chi connectivity index (χ0v) is 26.3. The second kappa shape index (κ2) is 12.1. The fourth-order valence-electron chi connectivity index (χ4n) is 6.53. The summed E-state index contributed by atoms with van der Waals surface area (Å²) in [5.41, 5.74) is 7.21. The van der Waals surface area contributed by atoms with Crippen molar-refractivity contribution in [3.8, 4) is 56.8 Å². The molecular formula is C43H28N4O2.